The van der Waals surface area contributed by atoms with Crippen LogP contribution in [0.15, 0.2) is 127 Å². The Bertz CT molecular complexity index is 2640. The summed E-state index contributed by atoms with van der Waals surface area (Å²) in [6.07, 6.45) is 0.953. The third kappa shape index (κ3) is 10.1. The van der Waals surface area contributed by atoms with E-state index in [-0.39, 0.29) is 93.4 Å². The van der Waals surface area contributed by atoms with Crippen LogP contribution in [-0.4, -0.2) is 83.7 Å². The molecule has 57 heavy (non-hydrogen) atoms. The van der Waals surface area contributed by atoms with E-state index in [4.69, 9.17) is 0 Å². The molecule has 0 unspecified atom stereocenters. The summed E-state index contributed by atoms with van der Waals surface area (Å²) in [6.45, 7) is 3.58. The SMILES string of the molecule is CCc1ccc(N=Nc2c(O)cc(S(=O)(=O)[O-])c3ccccc23)cc1[N+](=O)[O-].CCc1ccc(N=Nc2c(O)cc(S(=O)(=O)[O-])c3ccccc23)cc1[N+](=O)[O-].[Ca+2]. The predicted molar refractivity (Wildman–Crippen MR) is 206 cm³/mol. The van der Waals surface area contributed by atoms with Crippen LogP contribution in [0.5, 0.6) is 11.5 Å². The van der Waals surface area contributed by atoms with Crippen LogP contribution in [0.3, 0.4) is 0 Å². The van der Waals surface area contributed by atoms with Gasteiger partial charge >= 0.3 is 37.7 Å². The topological polar surface area (TPSA) is 291 Å². The van der Waals surface area contributed by atoms with Gasteiger partial charge in [-0.1, -0.05) is 62.4 Å². The quantitative estimate of drug-likeness (QED) is 0.0433. The number of hydrogen-bond donors (Lipinski definition) is 2. The molecule has 6 aromatic rings. The van der Waals surface area contributed by atoms with Gasteiger partial charge in [-0.3, -0.25) is 20.2 Å². The van der Waals surface area contributed by atoms with E-state index in [9.17, 15) is 56.4 Å². The number of nitro benzene ring substituents is 2. The van der Waals surface area contributed by atoms with E-state index < -0.39 is 51.4 Å². The van der Waals surface area contributed by atoms with Crippen LogP contribution in [0.2, 0.25) is 0 Å². The minimum Gasteiger partial charge on any atom is -0.744 e. The zero-order valence-electron chi connectivity index (χ0n) is 29.8. The molecule has 0 aromatic heterocycles. The summed E-state index contributed by atoms with van der Waals surface area (Å²) in [5.74, 6) is -1.09. The molecule has 21 heteroatoms. The summed E-state index contributed by atoms with van der Waals surface area (Å²) in [4.78, 5) is 20.2. The second-order valence-corrected chi connectivity index (χ2v) is 14.4. The van der Waals surface area contributed by atoms with Gasteiger partial charge in [0.1, 0.15) is 43.1 Å². The molecule has 0 saturated heterocycles. The third-order valence-electron chi connectivity index (χ3n) is 8.28. The van der Waals surface area contributed by atoms with Gasteiger partial charge in [0.2, 0.25) is 0 Å². The van der Waals surface area contributed by atoms with Crippen LogP contribution in [0.1, 0.15) is 25.0 Å². The number of phenols is 2. The van der Waals surface area contributed by atoms with Gasteiger partial charge in [0.25, 0.3) is 11.4 Å². The summed E-state index contributed by atoms with van der Waals surface area (Å²) in [7, 11) is -9.63. The number of aryl methyl sites for hydroxylation is 2. The maximum atomic E-state index is 11.5. The monoisotopic (exact) mass is 840 g/mol. The van der Waals surface area contributed by atoms with Crippen molar-refractivity contribution in [1.29, 1.82) is 0 Å². The summed E-state index contributed by atoms with van der Waals surface area (Å²) >= 11 is 0. The molecule has 0 aliphatic heterocycles. The Morgan fingerprint density at radius 2 is 0.877 bits per heavy atom. The Morgan fingerprint density at radius 1 is 0.544 bits per heavy atom. The molecule has 0 amide bonds. The van der Waals surface area contributed by atoms with Gasteiger partial charge in [-0.2, -0.15) is 10.2 Å². The van der Waals surface area contributed by atoms with Gasteiger partial charge in [0, 0.05) is 56.9 Å². The van der Waals surface area contributed by atoms with Gasteiger partial charge in [-0.15, -0.1) is 10.2 Å². The Hall–Kier alpha value is -5.48. The fourth-order valence-corrected chi connectivity index (χ4v) is 7.04. The van der Waals surface area contributed by atoms with Crippen molar-refractivity contribution in [2.24, 2.45) is 20.5 Å². The minimum atomic E-state index is -4.82. The molecule has 6 rings (SSSR count). The van der Waals surface area contributed by atoms with E-state index in [1.165, 1.54) is 36.4 Å². The number of phenolic OH excluding ortho intramolecular Hbond substituents is 2. The van der Waals surface area contributed by atoms with Gasteiger partial charge < -0.3 is 19.3 Å². The van der Waals surface area contributed by atoms with E-state index in [0.29, 0.717) is 24.0 Å². The molecule has 288 valence electrons. The predicted octanol–water partition coefficient (Wildman–Crippen LogP) is 8.29. The van der Waals surface area contributed by atoms with E-state index in [1.807, 2.05) is 0 Å². The maximum absolute atomic E-state index is 11.5. The molecule has 0 atom stereocenters. The van der Waals surface area contributed by atoms with E-state index >= 15 is 0 Å². The first kappa shape index (κ1) is 44.2. The minimum absolute atomic E-state index is 0. The molecule has 6 aromatic carbocycles. The molecule has 0 radical (unpaired) electrons. The second-order valence-electron chi connectivity index (χ2n) is 11.7. The number of benzene rings is 6. The fourth-order valence-electron chi connectivity index (χ4n) is 5.63. The zero-order chi connectivity index (χ0) is 40.9. The molecule has 0 aliphatic carbocycles. The largest absolute Gasteiger partial charge is 2.00 e. The Morgan fingerprint density at radius 3 is 1.18 bits per heavy atom. The molecule has 0 bridgehead atoms. The first-order valence-electron chi connectivity index (χ1n) is 16.2. The third-order valence-corrected chi connectivity index (χ3v) is 10.0. The Labute approximate surface area is 354 Å². The molecule has 0 spiro atoms. The number of aromatic hydroxyl groups is 2. The molecule has 0 heterocycles. The van der Waals surface area contributed by atoms with Crippen molar-refractivity contribution < 1.29 is 46.0 Å². The maximum Gasteiger partial charge on any atom is 2.00 e. The van der Waals surface area contributed by atoms with Gasteiger partial charge in [-0.05, 0) is 37.1 Å². The van der Waals surface area contributed by atoms with Crippen LogP contribution in [0.25, 0.3) is 21.5 Å². The first-order chi connectivity index (χ1) is 26.4. The number of azo groups is 2. The molecule has 18 nitrogen and oxygen atoms in total. The van der Waals surface area contributed by atoms with Crippen molar-refractivity contribution in [3.8, 4) is 11.5 Å². The summed E-state index contributed by atoms with van der Waals surface area (Å²) in [5.41, 5.74) is 1.17. The van der Waals surface area contributed by atoms with Crippen molar-refractivity contribution in [1.82, 2.24) is 0 Å². The molecule has 0 saturated carbocycles. The number of rotatable bonds is 10. The van der Waals surface area contributed by atoms with Crippen LogP contribution in [0, 0.1) is 20.2 Å². The zero-order valence-corrected chi connectivity index (χ0v) is 33.7. The van der Waals surface area contributed by atoms with E-state index in [2.05, 4.69) is 20.5 Å². The van der Waals surface area contributed by atoms with Crippen LogP contribution >= 0.6 is 0 Å². The van der Waals surface area contributed by atoms with E-state index in [1.54, 1.807) is 62.4 Å². The standard InChI is InChI=1S/2C18H15N3O6S.Ca/c2*1-2-11-7-8-12(9-15(11)21(23)24)19-20-18-14-6-4-3-5-13(14)17(10-16(18)22)28(25,26)27;/h2*3-10,22H,2H2,1H3,(H,25,26,27);/q;;+2/p-2. The molecular weight excluding hydrogens is 813 g/mol. The van der Waals surface area contributed by atoms with Gasteiger partial charge in [0.15, 0.2) is 0 Å². The molecule has 0 fully saturated rings. The fraction of sp³-hybridized carbons (Fsp3) is 0.111. The molecule has 0 aliphatic rings. The van der Waals surface area contributed by atoms with Crippen molar-refractivity contribution in [3.63, 3.8) is 0 Å². The van der Waals surface area contributed by atoms with Crippen molar-refractivity contribution in [2.75, 3.05) is 0 Å². The van der Waals surface area contributed by atoms with Crippen LogP contribution < -0.4 is 0 Å². The van der Waals surface area contributed by atoms with E-state index in [0.717, 1.165) is 12.1 Å². The van der Waals surface area contributed by atoms with Crippen molar-refractivity contribution in [2.45, 2.75) is 36.5 Å². The Balaban J connectivity index is 0.000000248. The van der Waals surface area contributed by atoms with Crippen molar-refractivity contribution >= 4 is 114 Å². The first-order valence-corrected chi connectivity index (χ1v) is 19.1. The number of nitrogens with zero attached hydrogens (tertiary/aromatic N) is 6. The summed E-state index contributed by atoms with van der Waals surface area (Å²) in [6, 6.07) is 22.5. The average Bonchev–Trinajstić information content (AvgIpc) is 3.15. The van der Waals surface area contributed by atoms with Gasteiger partial charge in [-0.25, -0.2) is 16.8 Å². The second kappa shape index (κ2) is 18.2. The average molecular weight is 841 g/mol. The number of fused-ring (bicyclic) bond motifs is 2. The van der Waals surface area contributed by atoms with Crippen LogP contribution in [0.4, 0.5) is 34.1 Å². The Kier molecular flexibility index (Phi) is 14.1. The van der Waals surface area contributed by atoms with Crippen LogP contribution in [-0.2, 0) is 33.1 Å². The molecular formula is C36H28CaN6O12S2. The van der Waals surface area contributed by atoms with Crippen molar-refractivity contribution in [3.05, 3.63) is 128 Å². The smallest absolute Gasteiger partial charge is 0.744 e. The van der Waals surface area contributed by atoms with Gasteiger partial charge in [0.05, 0.1) is 31.0 Å². The number of hydrogen-bond acceptors (Lipinski definition) is 16. The molecule has 2 N–H and O–H groups in total. The summed E-state index contributed by atoms with van der Waals surface area (Å²) < 4.78 is 68.8. The summed E-state index contributed by atoms with van der Waals surface area (Å²) in [5, 5.41) is 59.1. The normalized spacial score (nSPS) is 11.7. The number of nitro groups is 2.